The molecule has 1 aliphatic rings. The lowest BCUT2D eigenvalue weighted by atomic mass is 10.1. The molecule has 6 heteroatoms. The highest BCUT2D eigenvalue weighted by Crippen LogP contribution is 2.28. The van der Waals surface area contributed by atoms with E-state index in [0.717, 1.165) is 47.6 Å². The first-order valence-corrected chi connectivity index (χ1v) is 8.83. The summed E-state index contributed by atoms with van der Waals surface area (Å²) in [6.45, 7) is 0.775. The van der Waals surface area contributed by atoms with Crippen LogP contribution in [0.1, 0.15) is 36.8 Å². The van der Waals surface area contributed by atoms with Crippen LogP contribution in [0.25, 0.3) is 11.0 Å². The van der Waals surface area contributed by atoms with E-state index in [4.69, 9.17) is 4.74 Å². The summed E-state index contributed by atoms with van der Waals surface area (Å²) in [6, 6.07) is 11.8. The number of benzene rings is 2. The summed E-state index contributed by atoms with van der Waals surface area (Å²) < 4.78 is 18.6. The van der Waals surface area contributed by atoms with Gasteiger partial charge in [-0.2, -0.15) is 0 Å². The number of ether oxygens (including phenoxy) is 1. The molecule has 3 aromatic rings. The van der Waals surface area contributed by atoms with Crippen molar-refractivity contribution in [2.24, 2.45) is 0 Å². The largest absolute Gasteiger partial charge is 0.370 e. The molecule has 1 atom stereocenters. The Bertz CT molecular complexity index is 914. The monoisotopic (exact) mass is 353 g/mol. The maximum absolute atomic E-state index is 12.9. The minimum atomic E-state index is -0.270. The van der Waals surface area contributed by atoms with Gasteiger partial charge in [0, 0.05) is 18.7 Å². The molecule has 2 heterocycles. The maximum Gasteiger partial charge on any atom is 0.224 e. The Morgan fingerprint density at radius 1 is 1.27 bits per heavy atom. The standard InChI is InChI=1S/C20H20FN3O2/c21-14-6-3-13(4-7-14)5-10-19(25)22-15-8-9-16-17(12-15)24-20(23-16)18-2-1-11-26-18/h3-4,6-9,12,18H,1-2,5,10-11H2,(H,22,25)(H,23,24)/t18-/m1/s1. The van der Waals surface area contributed by atoms with Gasteiger partial charge in [-0.05, 0) is 55.2 Å². The summed E-state index contributed by atoms with van der Waals surface area (Å²) >= 11 is 0. The molecule has 4 rings (SSSR count). The number of anilines is 1. The molecule has 0 radical (unpaired) electrons. The maximum atomic E-state index is 12.9. The third-order valence-electron chi connectivity index (χ3n) is 4.57. The Balaban J connectivity index is 1.39. The number of nitrogens with zero attached hydrogens (tertiary/aromatic N) is 1. The second-order valence-electron chi connectivity index (χ2n) is 6.53. The molecule has 26 heavy (non-hydrogen) atoms. The Labute approximate surface area is 150 Å². The Hall–Kier alpha value is -2.73. The van der Waals surface area contributed by atoms with Crippen LogP contribution in [-0.4, -0.2) is 22.5 Å². The predicted octanol–water partition coefficient (Wildman–Crippen LogP) is 4.12. The summed E-state index contributed by atoms with van der Waals surface area (Å²) in [4.78, 5) is 20.0. The number of H-pyrrole nitrogens is 1. The molecular formula is C20H20FN3O2. The van der Waals surface area contributed by atoms with Gasteiger partial charge >= 0.3 is 0 Å². The van der Waals surface area contributed by atoms with Crippen molar-refractivity contribution in [1.29, 1.82) is 0 Å². The Morgan fingerprint density at radius 2 is 2.12 bits per heavy atom. The highest BCUT2D eigenvalue weighted by atomic mass is 19.1. The van der Waals surface area contributed by atoms with Crippen LogP contribution in [0, 0.1) is 5.82 Å². The molecule has 1 aromatic heterocycles. The van der Waals surface area contributed by atoms with Gasteiger partial charge < -0.3 is 15.0 Å². The van der Waals surface area contributed by atoms with E-state index in [-0.39, 0.29) is 17.8 Å². The number of halogens is 1. The smallest absolute Gasteiger partial charge is 0.224 e. The molecule has 0 unspecified atom stereocenters. The lowest BCUT2D eigenvalue weighted by Crippen LogP contribution is -2.12. The fraction of sp³-hybridized carbons (Fsp3) is 0.300. The van der Waals surface area contributed by atoms with Gasteiger partial charge in [-0.1, -0.05) is 12.1 Å². The van der Waals surface area contributed by atoms with Crippen molar-refractivity contribution in [3.63, 3.8) is 0 Å². The molecule has 0 spiro atoms. The number of aryl methyl sites for hydroxylation is 1. The average Bonchev–Trinajstić information content (AvgIpc) is 3.30. The van der Waals surface area contributed by atoms with E-state index in [1.54, 1.807) is 12.1 Å². The van der Waals surface area contributed by atoms with Crippen molar-refractivity contribution < 1.29 is 13.9 Å². The number of fused-ring (bicyclic) bond motifs is 1. The van der Waals surface area contributed by atoms with E-state index in [1.807, 2.05) is 18.2 Å². The summed E-state index contributed by atoms with van der Waals surface area (Å²) in [5.74, 6) is 0.498. The number of aromatic nitrogens is 2. The Kier molecular flexibility index (Phi) is 4.67. The average molecular weight is 353 g/mol. The van der Waals surface area contributed by atoms with Crippen molar-refractivity contribution in [2.45, 2.75) is 31.8 Å². The summed E-state index contributed by atoms with van der Waals surface area (Å²) in [5.41, 5.74) is 3.41. The molecule has 134 valence electrons. The minimum Gasteiger partial charge on any atom is -0.370 e. The van der Waals surface area contributed by atoms with E-state index in [9.17, 15) is 9.18 Å². The third kappa shape index (κ3) is 3.75. The van der Waals surface area contributed by atoms with E-state index < -0.39 is 0 Å². The number of imidazole rings is 1. The lowest BCUT2D eigenvalue weighted by molar-refractivity contribution is -0.116. The third-order valence-corrected chi connectivity index (χ3v) is 4.57. The zero-order valence-corrected chi connectivity index (χ0v) is 14.3. The summed E-state index contributed by atoms with van der Waals surface area (Å²) in [6.07, 6.45) is 2.98. The van der Waals surface area contributed by atoms with Gasteiger partial charge in [-0.15, -0.1) is 0 Å². The van der Waals surface area contributed by atoms with Crippen LogP contribution in [0.3, 0.4) is 0 Å². The van der Waals surface area contributed by atoms with Crippen molar-refractivity contribution in [3.05, 3.63) is 59.7 Å². The number of hydrogen-bond donors (Lipinski definition) is 2. The first-order valence-electron chi connectivity index (χ1n) is 8.83. The first kappa shape index (κ1) is 16.7. The van der Waals surface area contributed by atoms with Crippen LogP contribution < -0.4 is 5.32 Å². The van der Waals surface area contributed by atoms with E-state index in [2.05, 4.69) is 15.3 Å². The number of amides is 1. The van der Waals surface area contributed by atoms with Crippen LogP contribution >= 0.6 is 0 Å². The van der Waals surface area contributed by atoms with Crippen molar-refractivity contribution in [3.8, 4) is 0 Å². The predicted molar refractivity (Wildman–Crippen MR) is 97.4 cm³/mol. The molecule has 0 bridgehead atoms. The van der Waals surface area contributed by atoms with Gasteiger partial charge in [0.1, 0.15) is 17.7 Å². The number of rotatable bonds is 5. The van der Waals surface area contributed by atoms with E-state index >= 15 is 0 Å². The van der Waals surface area contributed by atoms with Crippen molar-refractivity contribution in [1.82, 2.24) is 9.97 Å². The van der Waals surface area contributed by atoms with Gasteiger partial charge in [0.15, 0.2) is 0 Å². The highest BCUT2D eigenvalue weighted by Gasteiger charge is 2.21. The SMILES string of the molecule is O=C(CCc1ccc(F)cc1)Nc1ccc2nc([C@H]3CCCO3)[nH]c2c1. The van der Waals surface area contributed by atoms with Gasteiger partial charge in [-0.25, -0.2) is 9.37 Å². The highest BCUT2D eigenvalue weighted by molar-refractivity contribution is 5.93. The summed E-state index contributed by atoms with van der Waals surface area (Å²) in [5, 5.41) is 2.90. The molecule has 1 amide bonds. The first-order chi connectivity index (χ1) is 12.7. The molecule has 0 aliphatic carbocycles. The molecule has 0 saturated carbocycles. The van der Waals surface area contributed by atoms with Gasteiger partial charge in [-0.3, -0.25) is 4.79 Å². The fourth-order valence-electron chi connectivity index (χ4n) is 3.19. The second kappa shape index (κ2) is 7.25. The Morgan fingerprint density at radius 3 is 2.88 bits per heavy atom. The molecule has 1 fully saturated rings. The van der Waals surface area contributed by atoms with Crippen LogP contribution in [-0.2, 0) is 16.0 Å². The number of aromatic amines is 1. The molecule has 1 saturated heterocycles. The number of carbonyl (C=O) groups is 1. The fourth-order valence-corrected chi connectivity index (χ4v) is 3.19. The van der Waals surface area contributed by atoms with Crippen molar-refractivity contribution >= 4 is 22.6 Å². The topological polar surface area (TPSA) is 67.0 Å². The van der Waals surface area contributed by atoms with E-state index in [0.29, 0.717) is 12.8 Å². The van der Waals surface area contributed by atoms with Crippen molar-refractivity contribution in [2.75, 3.05) is 11.9 Å². The minimum absolute atomic E-state index is 0.0381. The lowest BCUT2D eigenvalue weighted by Gasteiger charge is -2.05. The number of hydrogen-bond acceptors (Lipinski definition) is 3. The van der Waals surface area contributed by atoms with Gasteiger partial charge in [0.2, 0.25) is 5.91 Å². The van der Waals surface area contributed by atoms with Crippen LogP contribution in [0.4, 0.5) is 10.1 Å². The van der Waals surface area contributed by atoms with Crippen LogP contribution in [0.2, 0.25) is 0 Å². The second-order valence-corrected chi connectivity index (χ2v) is 6.53. The van der Waals surface area contributed by atoms with Crippen LogP contribution in [0.5, 0.6) is 0 Å². The number of nitrogens with one attached hydrogen (secondary N) is 2. The summed E-state index contributed by atoms with van der Waals surface area (Å²) in [7, 11) is 0. The molecule has 2 aromatic carbocycles. The zero-order chi connectivity index (χ0) is 17.9. The molecule has 1 aliphatic heterocycles. The van der Waals surface area contributed by atoms with Gasteiger partial charge in [0.25, 0.3) is 0 Å². The van der Waals surface area contributed by atoms with Crippen LogP contribution in [0.15, 0.2) is 42.5 Å². The van der Waals surface area contributed by atoms with E-state index in [1.165, 1.54) is 12.1 Å². The quantitative estimate of drug-likeness (QED) is 0.725. The normalized spacial score (nSPS) is 16.9. The number of carbonyl (C=O) groups excluding carboxylic acids is 1. The molecular weight excluding hydrogens is 333 g/mol. The van der Waals surface area contributed by atoms with Gasteiger partial charge in [0.05, 0.1) is 11.0 Å². The zero-order valence-electron chi connectivity index (χ0n) is 14.3. The molecule has 5 nitrogen and oxygen atoms in total. The molecule has 2 N–H and O–H groups in total.